The van der Waals surface area contributed by atoms with Crippen molar-refractivity contribution < 1.29 is 33.8 Å². The summed E-state index contributed by atoms with van der Waals surface area (Å²) >= 11 is 0. The van der Waals surface area contributed by atoms with E-state index in [1.54, 1.807) is 19.1 Å². The van der Waals surface area contributed by atoms with Gasteiger partial charge in [0.25, 0.3) is 5.69 Å². The highest BCUT2D eigenvalue weighted by atomic mass is 16.7. The number of aliphatic hydroxyl groups is 1. The molecule has 2 saturated heterocycles. The molecule has 0 aliphatic carbocycles. The quantitative estimate of drug-likeness (QED) is 0.0881. The van der Waals surface area contributed by atoms with E-state index in [1.165, 1.54) is 0 Å². The number of carbonyl (C=O) groups is 2. The molecule has 284 valence electrons. The SMILES string of the molecule is CCOC(=O)CNC(=O)NCc1cccc(-c2ccc([C@H]3O[C@@H](CN4CCN(c5ccc([N+](=O)[O-])cc5)CC4)[C@@H](C)[C@@H](c4ccc(CO)cc4)O3)cc2)c1. The fourth-order valence-corrected chi connectivity index (χ4v) is 6.86. The van der Waals surface area contributed by atoms with Crippen molar-refractivity contribution in [1.82, 2.24) is 15.5 Å². The number of aliphatic hydroxyl groups excluding tert-OH is 1. The highest BCUT2D eigenvalue weighted by Gasteiger charge is 2.39. The largest absolute Gasteiger partial charge is 0.465 e. The molecule has 13 nitrogen and oxygen atoms in total. The molecule has 13 heteroatoms. The van der Waals surface area contributed by atoms with Crippen molar-refractivity contribution in [2.24, 2.45) is 5.92 Å². The van der Waals surface area contributed by atoms with Gasteiger partial charge in [-0.15, -0.1) is 0 Å². The van der Waals surface area contributed by atoms with Crippen LogP contribution in [-0.4, -0.2) is 78.9 Å². The first kappa shape index (κ1) is 38.4. The molecule has 2 aliphatic heterocycles. The summed E-state index contributed by atoms with van der Waals surface area (Å²) in [6.07, 6.45) is -0.968. The summed E-state index contributed by atoms with van der Waals surface area (Å²) in [6.45, 7) is 8.16. The van der Waals surface area contributed by atoms with Crippen LogP contribution in [0.2, 0.25) is 0 Å². The van der Waals surface area contributed by atoms with E-state index in [2.05, 4.69) is 27.4 Å². The lowest BCUT2D eigenvalue weighted by Gasteiger charge is -2.44. The highest BCUT2D eigenvalue weighted by Crippen LogP contribution is 2.42. The van der Waals surface area contributed by atoms with Gasteiger partial charge in [0.2, 0.25) is 0 Å². The molecule has 4 aromatic rings. The van der Waals surface area contributed by atoms with E-state index in [4.69, 9.17) is 14.2 Å². The van der Waals surface area contributed by atoms with E-state index in [0.29, 0.717) is 0 Å². The molecule has 4 aromatic carbocycles. The van der Waals surface area contributed by atoms with Crippen LogP contribution in [0.15, 0.2) is 97.1 Å². The van der Waals surface area contributed by atoms with Gasteiger partial charge in [-0.05, 0) is 52.9 Å². The van der Waals surface area contributed by atoms with E-state index in [9.17, 15) is 24.8 Å². The molecule has 0 unspecified atom stereocenters. The molecular weight excluding hydrogens is 690 g/mol. The third kappa shape index (κ3) is 9.79. The van der Waals surface area contributed by atoms with E-state index in [1.807, 2.05) is 84.9 Å². The summed E-state index contributed by atoms with van der Waals surface area (Å²) in [5, 5.41) is 26.0. The monoisotopic (exact) mass is 737 g/mol. The van der Waals surface area contributed by atoms with Crippen molar-refractivity contribution in [3.8, 4) is 11.1 Å². The topological polar surface area (TPSA) is 156 Å². The van der Waals surface area contributed by atoms with Crippen molar-refractivity contribution in [3.05, 3.63) is 129 Å². The Morgan fingerprint density at radius 1 is 0.870 bits per heavy atom. The maximum atomic E-state index is 12.2. The predicted molar refractivity (Wildman–Crippen MR) is 203 cm³/mol. The van der Waals surface area contributed by atoms with Crippen molar-refractivity contribution in [2.45, 2.75) is 45.5 Å². The van der Waals surface area contributed by atoms with Gasteiger partial charge in [0.05, 0.1) is 30.3 Å². The molecule has 4 atom stereocenters. The van der Waals surface area contributed by atoms with Gasteiger partial charge in [-0.3, -0.25) is 19.8 Å². The van der Waals surface area contributed by atoms with Crippen LogP contribution in [0.3, 0.4) is 0 Å². The lowest BCUT2D eigenvalue weighted by Crippen LogP contribution is -2.51. The van der Waals surface area contributed by atoms with Gasteiger partial charge in [0.1, 0.15) is 6.54 Å². The van der Waals surface area contributed by atoms with Gasteiger partial charge in [0.15, 0.2) is 6.29 Å². The minimum atomic E-state index is -0.604. The summed E-state index contributed by atoms with van der Waals surface area (Å²) in [5.74, 6) is -0.451. The van der Waals surface area contributed by atoms with E-state index in [0.717, 1.165) is 71.8 Å². The Balaban J connectivity index is 1.12. The summed E-state index contributed by atoms with van der Waals surface area (Å²) < 4.78 is 18.3. The van der Waals surface area contributed by atoms with Gasteiger partial charge >= 0.3 is 12.0 Å². The van der Waals surface area contributed by atoms with Gasteiger partial charge in [-0.1, -0.05) is 73.7 Å². The second-order valence-electron chi connectivity index (χ2n) is 13.5. The lowest BCUT2D eigenvalue weighted by molar-refractivity contribution is -0.384. The van der Waals surface area contributed by atoms with Crippen molar-refractivity contribution >= 4 is 23.4 Å². The summed E-state index contributed by atoms with van der Waals surface area (Å²) in [4.78, 5) is 39.1. The number of non-ortho nitro benzene ring substituents is 1. The molecule has 0 spiro atoms. The molecule has 0 saturated carbocycles. The highest BCUT2D eigenvalue weighted by molar-refractivity contribution is 5.80. The van der Waals surface area contributed by atoms with Gasteiger partial charge in [-0.25, -0.2) is 4.79 Å². The Hall–Kier alpha value is -5.34. The number of benzene rings is 4. The normalized spacial score (nSPS) is 20.2. The van der Waals surface area contributed by atoms with E-state index < -0.39 is 18.3 Å². The van der Waals surface area contributed by atoms with E-state index >= 15 is 0 Å². The number of piperazine rings is 1. The Bertz CT molecular complexity index is 1860. The third-order valence-corrected chi connectivity index (χ3v) is 9.95. The van der Waals surface area contributed by atoms with Crippen LogP contribution in [0.1, 0.15) is 48.5 Å². The molecule has 54 heavy (non-hydrogen) atoms. The van der Waals surface area contributed by atoms with Crippen LogP contribution >= 0.6 is 0 Å². The van der Waals surface area contributed by atoms with Crippen LogP contribution in [0.4, 0.5) is 16.2 Å². The van der Waals surface area contributed by atoms with Crippen LogP contribution in [0.5, 0.6) is 0 Å². The molecule has 6 rings (SSSR count). The lowest BCUT2D eigenvalue weighted by atomic mass is 9.89. The smallest absolute Gasteiger partial charge is 0.325 e. The maximum absolute atomic E-state index is 12.2. The number of ether oxygens (including phenoxy) is 3. The van der Waals surface area contributed by atoms with Crippen molar-refractivity contribution in [1.29, 1.82) is 0 Å². The molecule has 2 aliphatic rings. The fraction of sp³-hybridized carbons (Fsp3) is 0.366. The number of amides is 2. The third-order valence-electron chi connectivity index (χ3n) is 9.95. The Kier molecular flexibility index (Phi) is 12.9. The first-order valence-corrected chi connectivity index (χ1v) is 18.3. The first-order valence-electron chi connectivity index (χ1n) is 18.3. The molecule has 3 N–H and O–H groups in total. The fourth-order valence-electron chi connectivity index (χ4n) is 6.86. The molecule has 2 amide bonds. The Morgan fingerprint density at radius 3 is 2.24 bits per heavy atom. The number of rotatable bonds is 13. The molecule has 0 aromatic heterocycles. The molecule has 0 bridgehead atoms. The second-order valence-corrected chi connectivity index (χ2v) is 13.5. The number of urea groups is 1. The minimum absolute atomic E-state index is 0.0280. The van der Waals surface area contributed by atoms with Crippen molar-refractivity contribution in [2.75, 3.05) is 50.8 Å². The number of nitrogens with zero attached hydrogens (tertiary/aromatic N) is 3. The van der Waals surface area contributed by atoms with Gasteiger partial charge < -0.3 is 34.9 Å². The Labute approximate surface area is 315 Å². The number of hydrogen-bond donors (Lipinski definition) is 3. The number of nitro groups is 1. The number of carbonyl (C=O) groups excluding carboxylic acids is 2. The number of esters is 1. The molecule has 2 fully saturated rings. The average molecular weight is 738 g/mol. The minimum Gasteiger partial charge on any atom is -0.465 e. The number of nitro benzene ring substituents is 1. The van der Waals surface area contributed by atoms with Crippen molar-refractivity contribution in [3.63, 3.8) is 0 Å². The van der Waals surface area contributed by atoms with Crippen LogP contribution in [0, 0.1) is 16.0 Å². The van der Waals surface area contributed by atoms with Gasteiger partial charge in [0, 0.05) is 68.6 Å². The molecular formula is C41H47N5O8. The molecule has 2 heterocycles. The zero-order valence-corrected chi connectivity index (χ0v) is 30.6. The maximum Gasteiger partial charge on any atom is 0.325 e. The first-order chi connectivity index (χ1) is 26.2. The van der Waals surface area contributed by atoms with Crippen LogP contribution in [-0.2, 0) is 32.2 Å². The second kappa shape index (κ2) is 18.1. The number of hydrogen-bond acceptors (Lipinski definition) is 10. The number of anilines is 1. The summed E-state index contributed by atoms with van der Waals surface area (Å²) in [7, 11) is 0. The van der Waals surface area contributed by atoms with E-state index in [-0.39, 0.29) is 55.0 Å². The average Bonchev–Trinajstić information content (AvgIpc) is 3.20. The molecule has 0 radical (unpaired) electrons. The zero-order valence-electron chi connectivity index (χ0n) is 30.6. The van der Waals surface area contributed by atoms with Crippen LogP contribution < -0.4 is 15.5 Å². The van der Waals surface area contributed by atoms with Gasteiger partial charge in [-0.2, -0.15) is 0 Å². The summed E-state index contributed by atoms with van der Waals surface area (Å²) in [5.41, 5.74) is 6.71. The number of nitrogens with one attached hydrogen (secondary N) is 2. The predicted octanol–water partition coefficient (Wildman–Crippen LogP) is 5.73. The Morgan fingerprint density at radius 2 is 1.57 bits per heavy atom. The van der Waals surface area contributed by atoms with Crippen LogP contribution in [0.25, 0.3) is 11.1 Å². The zero-order chi connectivity index (χ0) is 38.0. The standard InChI is InChI=1S/C41H47N5O8/c1-3-52-38(48)25-43-41(49)42-24-30-5-4-6-34(23-30)31-11-13-33(14-12-31)40-53-37(28(2)39(54-40)32-9-7-29(27-47)8-10-32)26-44-19-21-45(22-20-44)35-15-17-36(18-16-35)46(50)51/h4-18,23,28,37,39-40,47H,3,19-22,24-27H2,1-2H3,(H2,42,43,49)/t28-,37+,39+,40+/m1/s1. The summed E-state index contributed by atoms with van der Waals surface area (Å²) in [6, 6.07) is 30.2.